The van der Waals surface area contributed by atoms with Crippen LogP contribution in [0, 0.1) is 19.9 Å². The van der Waals surface area contributed by atoms with Gasteiger partial charge in [-0.05, 0) is 48.6 Å². The van der Waals surface area contributed by atoms with Crippen molar-refractivity contribution in [2.45, 2.75) is 27.2 Å². The maximum atomic E-state index is 3.33. The Morgan fingerprint density at radius 3 is 2.56 bits per heavy atom. The molecule has 0 saturated carbocycles. The van der Waals surface area contributed by atoms with Crippen molar-refractivity contribution in [2.24, 2.45) is 0 Å². The third kappa shape index (κ3) is 2.01. The monoisotopic (exact) mass is 209 g/mol. The van der Waals surface area contributed by atoms with E-state index in [1.165, 1.54) is 27.8 Å². The van der Waals surface area contributed by atoms with Crippen molar-refractivity contribution in [3.63, 3.8) is 0 Å². The number of hydrogen-bond acceptors (Lipinski definition) is 0. The summed E-state index contributed by atoms with van der Waals surface area (Å²) in [5.41, 5.74) is 6.62. The van der Waals surface area contributed by atoms with Gasteiger partial charge in [-0.25, -0.2) is 0 Å². The molecule has 0 aromatic heterocycles. The molecule has 2 aromatic carbocycles. The number of rotatable bonds is 2. The molecular weight excluding hydrogens is 192 g/mol. The molecule has 2 aromatic rings. The molecule has 0 aliphatic rings. The fraction of sp³-hybridized carbons (Fsp3) is 0.250. The van der Waals surface area contributed by atoms with Gasteiger partial charge in [-0.1, -0.05) is 48.9 Å². The van der Waals surface area contributed by atoms with E-state index in [2.05, 4.69) is 57.2 Å². The molecule has 0 aliphatic heterocycles. The lowest BCUT2D eigenvalue weighted by atomic mass is 9.94. The van der Waals surface area contributed by atoms with E-state index in [1.54, 1.807) is 0 Å². The van der Waals surface area contributed by atoms with Gasteiger partial charge in [0.2, 0.25) is 0 Å². The Hall–Kier alpha value is -1.56. The molecule has 0 spiro atoms. The standard InChI is InChI=1S/C16H17/c1-4-14-7-5-6-8-16(14)15-10-9-12(2)11-13(15)3/h5-6,8-11H,4H2,1-3H3. The molecule has 0 aliphatic carbocycles. The second-order valence-corrected chi connectivity index (χ2v) is 4.23. The minimum Gasteiger partial charge on any atom is -0.0612 e. The van der Waals surface area contributed by atoms with Crippen LogP contribution in [-0.2, 0) is 6.42 Å². The number of aryl methyl sites for hydroxylation is 3. The molecule has 0 bridgehead atoms. The van der Waals surface area contributed by atoms with Crippen LogP contribution in [0.1, 0.15) is 23.6 Å². The highest BCUT2D eigenvalue weighted by Crippen LogP contribution is 2.27. The van der Waals surface area contributed by atoms with Crippen LogP contribution in [0.4, 0.5) is 0 Å². The van der Waals surface area contributed by atoms with Crippen molar-refractivity contribution in [1.29, 1.82) is 0 Å². The van der Waals surface area contributed by atoms with Crippen molar-refractivity contribution in [2.75, 3.05) is 0 Å². The summed E-state index contributed by atoms with van der Waals surface area (Å²) >= 11 is 0. The van der Waals surface area contributed by atoms with Crippen LogP contribution in [0.15, 0.2) is 36.4 Å². The van der Waals surface area contributed by atoms with E-state index in [0.29, 0.717) is 0 Å². The molecule has 0 heteroatoms. The van der Waals surface area contributed by atoms with Gasteiger partial charge in [0, 0.05) is 0 Å². The first-order valence-corrected chi connectivity index (χ1v) is 5.79. The highest BCUT2D eigenvalue weighted by atomic mass is 14.1. The topological polar surface area (TPSA) is 0 Å². The van der Waals surface area contributed by atoms with Crippen molar-refractivity contribution in [1.82, 2.24) is 0 Å². The zero-order chi connectivity index (χ0) is 11.5. The molecule has 2 rings (SSSR count). The van der Waals surface area contributed by atoms with E-state index in [-0.39, 0.29) is 0 Å². The van der Waals surface area contributed by atoms with Gasteiger partial charge < -0.3 is 0 Å². The maximum absolute atomic E-state index is 3.33. The second kappa shape index (κ2) is 4.52. The van der Waals surface area contributed by atoms with Crippen molar-refractivity contribution >= 4 is 0 Å². The predicted molar refractivity (Wildman–Crippen MR) is 69.6 cm³/mol. The van der Waals surface area contributed by atoms with Crippen LogP contribution in [-0.4, -0.2) is 0 Å². The second-order valence-electron chi connectivity index (χ2n) is 4.23. The van der Waals surface area contributed by atoms with Gasteiger partial charge in [0.25, 0.3) is 0 Å². The summed E-state index contributed by atoms with van der Waals surface area (Å²) in [6, 6.07) is 16.2. The molecule has 0 heterocycles. The van der Waals surface area contributed by atoms with Crippen LogP contribution >= 0.6 is 0 Å². The molecule has 0 fully saturated rings. The smallest absolute Gasteiger partial charge is 0.0143 e. The number of benzene rings is 2. The molecule has 0 N–H and O–H groups in total. The normalized spacial score (nSPS) is 10.4. The zero-order valence-electron chi connectivity index (χ0n) is 10.2. The van der Waals surface area contributed by atoms with Crippen molar-refractivity contribution in [3.8, 4) is 11.1 Å². The Labute approximate surface area is 97.9 Å². The summed E-state index contributed by atoms with van der Waals surface area (Å²) < 4.78 is 0. The molecule has 0 amide bonds. The van der Waals surface area contributed by atoms with Gasteiger partial charge in [-0.3, -0.25) is 0 Å². The van der Waals surface area contributed by atoms with E-state index in [1.807, 2.05) is 6.07 Å². The Kier molecular flexibility index (Phi) is 3.09. The molecule has 0 unspecified atom stereocenters. The van der Waals surface area contributed by atoms with Gasteiger partial charge in [0.1, 0.15) is 0 Å². The van der Waals surface area contributed by atoms with Gasteiger partial charge in [-0.2, -0.15) is 0 Å². The molecular formula is C16H17. The van der Waals surface area contributed by atoms with Crippen LogP contribution in [0.2, 0.25) is 0 Å². The molecule has 0 saturated heterocycles. The van der Waals surface area contributed by atoms with Crippen LogP contribution in [0.25, 0.3) is 11.1 Å². The summed E-state index contributed by atoms with van der Waals surface area (Å²) in [4.78, 5) is 0. The van der Waals surface area contributed by atoms with E-state index in [9.17, 15) is 0 Å². The van der Waals surface area contributed by atoms with Crippen LogP contribution in [0.5, 0.6) is 0 Å². The van der Waals surface area contributed by atoms with E-state index < -0.39 is 0 Å². The summed E-state index contributed by atoms with van der Waals surface area (Å²) in [6.45, 7) is 6.49. The molecule has 0 atom stereocenters. The Morgan fingerprint density at radius 1 is 1.06 bits per heavy atom. The third-order valence-corrected chi connectivity index (χ3v) is 2.97. The zero-order valence-corrected chi connectivity index (χ0v) is 10.2. The van der Waals surface area contributed by atoms with E-state index in [0.717, 1.165) is 6.42 Å². The Bertz CT molecular complexity index is 495. The first kappa shape index (κ1) is 10.9. The fourth-order valence-electron chi connectivity index (χ4n) is 2.13. The fourth-order valence-corrected chi connectivity index (χ4v) is 2.13. The van der Waals surface area contributed by atoms with Gasteiger partial charge in [0.05, 0.1) is 0 Å². The molecule has 1 radical (unpaired) electrons. The lowest BCUT2D eigenvalue weighted by Crippen LogP contribution is -1.90. The van der Waals surface area contributed by atoms with Gasteiger partial charge in [0.15, 0.2) is 0 Å². The average Bonchev–Trinajstić information content (AvgIpc) is 2.29. The van der Waals surface area contributed by atoms with Crippen molar-refractivity contribution < 1.29 is 0 Å². The minimum atomic E-state index is 1.03. The third-order valence-electron chi connectivity index (χ3n) is 2.97. The van der Waals surface area contributed by atoms with Crippen LogP contribution < -0.4 is 0 Å². The summed E-state index contributed by atoms with van der Waals surface area (Å²) in [5, 5.41) is 0. The average molecular weight is 209 g/mol. The molecule has 0 nitrogen and oxygen atoms in total. The SMILES string of the molecule is CCc1[c]cccc1-c1ccc(C)cc1C. The lowest BCUT2D eigenvalue weighted by molar-refractivity contribution is 1.14. The summed E-state index contributed by atoms with van der Waals surface area (Å²) in [5.74, 6) is 0. The molecule has 16 heavy (non-hydrogen) atoms. The van der Waals surface area contributed by atoms with Crippen molar-refractivity contribution in [3.05, 3.63) is 59.2 Å². The first-order chi connectivity index (χ1) is 7.72. The first-order valence-electron chi connectivity index (χ1n) is 5.79. The summed E-state index contributed by atoms with van der Waals surface area (Å²) in [6.07, 6.45) is 1.03. The van der Waals surface area contributed by atoms with Gasteiger partial charge >= 0.3 is 0 Å². The van der Waals surface area contributed by atoms with E-state index in [4.69, 9.17) is 0 Å². The van der Waals surface area contributed by atoms with Crippen LogP contribution in [0.3, 0.4) is 0 Å². The number of hydrogen-bond donors (Lipinski definition) is 0. The van der Waals surface area contributed by atoms with Gasteiger partial charge in [-0.15, -0.1) is 0 Å². The Balaban J connectivity index is 2.58. The minimum absolute atomic E-state index is 1.03. The summed E-state index contributed by atoms with van der Waals surface area (Å²) in [7, 11) is 0. The Morgan fingerprint density at radius 2 is 1.88 bits per heavy atom. The largest absolute Gasteiger partial charge is 0.0612 e. The maximum Gasteiger partial charge on any atom is -0.0143 e. The highest BCUT2D eigenvalue weighted by Gasteiger charge is 2.05. The highest BCUT2D eigenvalue weighted by molar-refractivity contribution is 5.70. The quantitative estimate of drug-likeness (QED) is 0.690. The lowest BCUT2D eigenvalue weighted by Gasteiger charge is -2.11. The predicted octanol–water partition coefficient (Wildman–Crippen LogP) is 4.33. The van der Waals surface area contributed by atoms with E-state index >= 15 is 0 Å². The molecule has 81 valence electrons.